The molecule has 0 spiro atoms. The van der Waals surface area contributed by atoms with Crippen molar-refractivity contribution in [3.63, 3.8) is 0 Å². The third kappa shape index (κ3) is 1.04. The quantitative estimate of drug-likeness (QED) is 0.637. The Hall–Kier alpha value is -0.540. The summed E-state index contributed by atoms with van der Waals surface area (Å²) in [6.07, 6.45) is 3.45. The van der Waals surface area contributed by atoms with E-state index in [4.69, 9.17) is 11.6 Å². The van der Waals surface area contributed by atoms with Gasteiger partial charge in [0.25, 0.3) is 0 Å². The normalized spacial score (nSPS) is 10.7. The first kappa shape index (κ1) is 7.13. The van der Waals surface area contributed by atoms with E-state index in [-0.39, 0.29) is 0 Å². The second kappa shape index (κ2) is 2.50. The topological polar surface area (TPSA) is 17.3 Å². The number of halogens is 2. The van der Waals surface area contributed by atoms with Crippen LogP contribution in [0.5, 0.6) is 0 Å². The second-order valence-corrected chi connectivity index (χ2v) is 3.37. The van der Waals surface area contributed by atoms with Crippen LogP contribution < -0.4 is 0 Å². The smallest absolute Gasteiger partial charge is 0.129 e. The van der Waals surface area contributed by atoms with Crippen molar-refractivity contribution in [2.24, 2.45) is 0 Å². The van der Waals surface area contributed by atoms with Crippen LogP contribution in [0.3, 0.4) is 0 Å². The first-order chi connectivity index (χ1) is 5.29. The Labute approximate surface area is 76.9 Å². The van der Waals surface area contributed by atoms with Crippen LogP contribution in [-0.2, 0) is 0 Å². The van der Waals surface area contributed by atoms with Crippen LogP contribution in [0.25, 0.3) is 5.52 Å². The molecule has 4 heteroatoms. The van der Waals surface area contributed by atoms with Crippen molar-refractivity contribution in [1.82, 2.24) is 9.38 Å². The van der Waals surface area contributed by atoms with Gasteiger partial charge in [-0.25, -0.2) is 4.98 Å². The van der Waals surface area contributed by atoms with E-state index in [9.17, 15) is 0 Å². The number of rotatable bonds is 0. The monoisotopic (exact) mass is 230 g/mol. The number of hydrogen-bond donors (Lipinski definition) is 0. The molecule has 0 aliphatic carbocycles. The van der Waals surface area contributed by atoms with E-state index in [1.807, 2.05) is 16.5 Å². The van der Waals surface area contributed by atoms with E-state index in [2.05, 4.69) is 20.9 Å². The maximum Gasteiger partial charge on any atom is 0.129 e. The highest BCUT2D eigenvalue weighted by molar-refractivity contribution is 9.10. The molecule has 2 heterocycles. The minimum absolute atomic E-state index is 0.653. The van der Waals surface area contributed by atoms with Gasteiger partial charge in [-0.2, -0.15) is 0 Å². The van der Waals surface area contributed by atoms with Gasteiger partial charge in [0.05, 0.1) is 16.2 Å². The van der Waals surface area contributed by atoms with E-state index >= 15 is 0 Å². The molecule has 2 aromatic rings. The fourth-order valence-corrected chi connectivity index (χ4v) is 1.46. The average Bonchev–Trinajstić information content (AvgIpc) is 2.45. The van der Waals surface area contributed by atoms with Gasteiger partial charge in [0.2, 0.25) is 0 Å². The molecular weight excluding hydrogens is 227 g/mol. The number of imidazole rings is 1. The Bertz CT molecular complexity index is 396. The minimum atomic E-state index is 0.653. The van der Waals surface area contributed by atoms with Gasteiger partial charge in [-0.15, -0.1) is 0 Å². The third-order valence-electron chi connectivity index (χ3n) is 1.48. The molecule has 56 valence electrons. The van der Waals surface area contributed by atoms with Gasteiger partial charge in [0.1, 0.15) is 11.5 Å². The minimum Gasteiger partial charge on any atom is -0.289 e. The molecular formula is C7H4BrClN2. The molecule has 0 saturated heterocycles. The van der Waals surface area contributed by atoms with Gasteiger partial charge >= 0.3 is 0 Å². The van der Waals surface area contributed by atoms with Crippen molar-refractivity contribution in [3.05, 3.63) is 34.3 Å². The number of aromatic nitrogens is 2. The molecule has 11 heavy (non-hydrogen) atoms. The van der Waals surface area contributed by atoms with E-state index in [0.717, 1.165) is 9.99 Å². The zero-order valence-corrected chi connectivity index (χ0v) is 7.80. The van der Waals surface area contributed by atoms with Crippen LogP contribution in [0.15, 0.2) is 29.1 Å². The summed E-state index contributed by atoms with van der Waals surface area (Å²) in [6, 6.07) is 3.85. The number of pyridine rings is 1. The fourth-order valence-electron chi connectivity index (χ4n) is 0.935. The second-order valence-electron chi connectivity index (χ2n) is 2.16. The predicted molar refractivity (Wildman–Crippen MR) is 47.9 cm³/mol. The van der Waals surface area contributed by atoms with Gasteiger partial charge in [0.15, 0.2) is 0 Å². The molecule has 0 bridgehead atoms. The van der Waals surface area contributed by atoms with Gasteiger partial charge in [-0.1, -0.05) is 11.6 Å². The largest absolute Gasteiger partial charge is 0.289 e. The van der Waals surface area contributed by atoms with E-state index < -0.39 is 0 Å². The molecule has 0 N–H and O–H groups in total. The van der Waals surface area contributed by atoms with Crippen molar-refractivity contribution in [3.8, 4) is 0 Å². The van der Waals surface area contributed by atoms with Crippen LogP contribution in [0.2, 0.25) is 5.15 Å². The molecule has 0 fully saturated rings. The number of fused-ring (bicyclic) bond motifs is 1. The van der Waals surface area contributed by atoms with Crippen LogP contribution >= 0.6 is 27.5 Å². The lowest BCUT2D eigenvalue weighted by Gasteiger charge is -1.98. The van der Waals surface area contributed by atoms with Gasteiger partial charge in [-0.05, 0) is 28.1 Å². The summed E-state index contributed by atoms with van der Waals surface area (Å²) < 4.78 is 2.69. The van der Waals surface area contributed by atoms with Crippen molar-refractivity contribution in [1.29, 1.82) is 0 Å². The molecule has 0 aliphatic rings. The summed E-state index contributed by atoms with van der Waals surface area (Å²) in [5.41, 5.74) is 0.998. The zero-order valence-electron chi connectivity index (χ0n) is 5.46. The average molecular weight is 231 g/mol. The lowest BCUT2D eigenvalue weighted by molar-refractivity contribution is 1.15. The Kier molecular flexibility index (Phi) is 1.62. The van der Waals surface area contributed by atoms with Crippen LogP contribution in [0, 0.1) is 0 Å². The van der Waals surface area contributed by atoms with Gasteiger partial charge < -0.3 is 0 Å². The van der Waals surface area contributed by atoms with Crippen molar-refractivity contribution in [2.45, 2.75) is 0 Å². The highest BCUT2D eigenvalue weighted by atomic mass is 79.9. The van der Waals surface area contributed by atoms with Crippen molar-refractivity contribution in [2.75, 3.05) is 0 Å². The molecule has 0 aromatic carbocycles. The third-order valence-corrected chi connectivity index (χ3v) is 2.73. The molecule has 0 amide bonds. The molecule has 0 aliphatic heterocycles. The van der Waals surface area contributed by atoms with Crippen LogP contribution in [0.4, 0.5) is 0 Å². The van der Waals surface area contributed by atoms with Gasteiger partial charge in [0, 0.05) is 0 Å². The molecule has 0 saturated carbocycles. The molecule has 2 nitrogen and oxygen atoms in total. The fraction of sp³-hybridized carbons (Fsp3) is 0. The highest BCUT2D eigenvalue weighted by Crippen LogP contribution is 2.22. The first-order valence-corrected chi connectivity index (χ1v) is 4.22. The predicted octanol–water partition coefficient (Wildman–Crippen LogP) is 2.75. The molecule has 0 atom stereocenters. The van der Waals surface area contributed by atoms with Gasteiger partial charge in [-0.3, -0.25) is 4.40 Å². The summed E-state index contributed by atoms with van der Waals surface area (Å²) in [6.45, 7) is 0. The van der Waals surface area contributed by atoms with Crippen molar-refractivity contribution >= 4 is 33.0 Å². The molecule has 0 radical (unpaired) electrons. The molecule has 2 aromatic heterocycles. The van der Waals surface area contributed by atoms with Crippen LogP contribution in [0.1, 0.15) is 0 Å². The standard InChI is InChI=1S/C7H4BrClN2/c8-6-2-1-5-3-10-4-11(5)7(6)9/h1-4H. The maximum atomic E-state index is 5.94. The van der Waals surface area contributed by atoms with E-state index in [1.165, 1.54) is 0 Å². The van der Waals surface area contributed by atoms with Crippen LogP contribution in [-0.4, -0.2) is 9.38 Å². The Morgan fingerprint density at radius 1 is 1.45 bits per heavy atom. The summed E-state index contributed by atoms with van der Waals surface area (Å²) in [5, 5.41) is 0.653. The summed E-state index contributed by atoms with van der Waals surface area (Å²) in [5.74, 6) is 0. The van der Waals surface area contributed by atoms with E-state index in [0.29, 0.717) is 5.15 Å². The van der Waals surface area contributed by atoms with E-state index in [1.54, 1.807) is 12.5 Å². The summed E-state index contributed by atoms with van der Waals surface area (Å²) >= 11 is 9.26. The lowest BCUT2D eigenvalue weighted by Crippen LogP contribution is -1.83. The SMILES string of the molecule is Clc1c(Br)ccc2cncn12. The summed E-state index contributed by atoms with van der Waals surface area (Å²) in [7, 11) is 0. The Morgan fingerprint density at radius 3 is 3.09 bits per heavy atom. The lowest BCUT2D eigenvalue weighted by atomic mass is 10.4. The molecule has 0 unspecified atom stereocenters. The number of hydrogen-bond acceptors (Lipinski definition) is 1. The Morgan fingerprint density at radius 2 is 2.27 bits per heavy atom. The maximum absolute atomic E-state index is 5.94. The van der Waals surface area contributed by atoms with Crippen molar-refractivity contribution < 1.29 is 0 Å². The number of nitrogens with zero attached hydrogens (tertiary/aromatic N) is 2. The zero-order chi connectivity index (χ0) is 7.84. The highest BCUT2D eigenvalue weighted by Gasteiger charge is 2.00. The summed E-state index contributed by atoms with van der Waals surface area (Å²) in [4.78, 5) is 3.96. The molecule has 2 rings (SSSR count). The Balaban J connectivity index is 2.93. The first-order valence-electron chi connectivity index (χ1n) is 3.05.